The molecule has 0 aliphatic rings. The van der Waals surface area contributed by atoms with E-state index in [-0.39, 0.29) is 5.54 Å². The lowest BCUT2D eigenvalue weighted by Crippen LogP contribution is -2.48. The van der Waals surface area contributed by atoms with E-state index in [2.05, 4.69) is 44.8 Å². The molecule has 1 N–H and O–H groups in total. The second-order valence-corrected chi connectivity index (χ2v) is 4.24. The lowest BCUT2D eigenvalue weighted by atomic mass is 10.1. The van der Waals surface area contributed by atoms with E-state index in [0.717, 1.165) is 18.2 Å². The molecule has 0 saturated heterocycles. The summed E-state index contributed by atoms with van der Waals surface area (Å²) in [6.45, 7) is 12.5. The van der Waals surface area contributed by atoms with E-state index in [1.165, 1.54) is 0 Å². The first-order chi connectivity index (χ1) is 5.40. The van der Waals surface area contributed by atoms with Gasteiger partial charge in [0.2, 0.25) is 0 Å². The van der Waals surface area contributed by atoms with Gasteiger partial charge in [-0.15, -0.1) is 0 Å². The van der Waals surface area contributed by atoms with Crippen LogP contribution >= 0.6 is 12.2 Å². The Morgan fingerprint density at radius 3 is 1.92 bits per heavy atom. The van der Waals surface area contributed by atoms with Crippen molar-refractivity contribution in [3.05, 3.63) is 0 Å². The van der Waals surface area contributed by atoms with Crippen LogP contribution in [-0.2, 0) is 0 Å². The van der Waals surface area contributed by atoms with Gasteiger partial charge < -0.3 is 10.2 Å². The lowest BCUT2D eigenvalue weighted by Gasteiger charge is -2.29. The van der Waals surface area contributed by atoms with Crippen molar-refractivity contribution in [2.24, 2.45) is 0 Å². The van der Waals surface area contributed by atoms with Crippen LogP contribution in [-0.4, -0.2) is 28.6 Å². The Hall–Kier alpha value is -0.310. The molecule has 0 radical (unpaired) electrons. The fourth-order valence-corrected chi connectivity index (χ4v) is 1.48. The van der Waals surface area contributed by atoms with Crippen LogP contribution < -0.4 is 5.32 Å². The topological polar surface area (TPSA) is 15.3 Å². The van der Waals surface area contributed by atoms with Crippen molar-refractivity contribution < 1.29 is 0 Å². The number of thiocarbonyl (C=S) groups is 1. The first-order valence-electron chi connectivity index (χ1n) is 4.47. The quantitative estimate of drug-likeness (QED) is 0.667. The molecule has 0 amide bonds. The highest BCUT2D eigenvalue weighted by molar-refractivity contribution is 7.80. The van der Waals surface area contributed by atoms with Crippen LogP contribution in [0.25, 0.3) is 0 Å². The predicted octanol–water partition coefficient (Wildman–Crippen LogP) is 2.00. The van der Waals surface area contributed by atoms with Gasteiger partial charge in [0.25, 0.3) is 0 Å². The van der Waals surface area contributed by atoms with Crippen LogP contribution in [0.2, 0.25) is 0 Å². The standard InChI is InChI=1S/C9H20N2S/c1-6-11(7-2)8(12)10-9(3,4)5/h6-7H2,1-5H3,(H,10,12). The summed E-state index contributed by atoms with van der Waals surface area (Å²) < 4.78 is 0. The molecule has 0 atom stereocenters. The molecule has 0 rings (SSSR count). The van der Waals surface area contributed by atoms with Crippen molar-refractivity contribution >= 4 is 17.3 Å². The van der Waals surface area contributed by atoms with E-state index in [1.807, 2.05) is 0 Å². The van der Waals surface area contributed by atoms with Gasteiger partial charge in [0, 0.05) is 18.6 Å². The van der Waals surface area contributed by atoms with Crippen molar-refractivity contribution in [3.63, 3.8) is 0 Å². The number of hydrogen-bond donors (Lipinski definition) is 1. The van der Waals surface area contributed by atoms with E-state index in [4.69, 9.17) is 12.2 Å². The van der Waals surface area contributed by atoms with E-state index >= 15 is 0 Å². The molecule has 0 unspecified atom stereocenters. The van der Waals surface area contributed by atoms with Gasteiger partial charge in [-0.25, -0.2) is 0 Å². The molecule has 3 heteroatoms. The molecule has 0 aromatic carbocycles. The van der Waals surface area contributed by atoms with Crippen molar-refractivity contribution in [3.8, 4) is 0 Å². The Balaban J connectivity index is 4.02. The Morgan fingerprint density at radius 2 is 1.67 bits per heavy atom. The summed E-state index contributed by atoms with van der Waals surface area (Å²) in [5, 5.41) is 4.13. The summed E-state index contributed by atoms with van der Waals surface area (Å²) >= 11 is 5.24. The molecule has 0 saturated carbocycles. The zero-order valence-electron chi connectivity index (χ0n) is 8.77. The van der Waals surface area contributed by atoms with Gasteiger partial charge in [-0.3, -0.25) is 0 Å². The minimum absolute atomic E-state index is 0.0691. The summed E-state index contributed by atoms with van der Waals surface area (Å²) in [5.74, 6) is 0. The molecule has 0 aliphatic heterocycles. The first-order valence-corrected chi connectivity index (χ1v) is 4.88. The Bertz CT molecular complexity index is 145. The number of hydrogen-bond acceptors (Lipinski definition) is 1. The van der Waals surface area contributed by atoms with Crippen LogP contribution in [0.1, 0.15) is 34.6 Å². The summed E-state index contributed by atoms with van der Waals surface area (Å²) in [5.41, 5.74) is 0.0691. The van der Waals surface area contributed by atoms with E-state index in [0.29, 0.717) is 0 Å². The maximum Gasteiger partial charge on any atom is 0.169 e. The van der Waals surface area contributed by atoms with Gasteiger partial charge in [-0.2, -0.15) is 0 Å². The largest absolute Gasteiger partial charge is 0.358 e. The third-order valence-corrected chi connectivity index (χ3v) is 1.89. The number of nitrogens with zero attached hydrogens (tertiary/aromatic N) is 1. The monoisotopic (exact) mass is 188 g/mol. The van der Waals surface area contributed by atoms with Crippen LogP contribution in [0.3, 0.4) is 0 Å². The molecule has 72 valence electrons. The van der Waals surface area contributed by atoms with Gasteiger partial charge >= 0.3 is 0 Å². The number of rotatable bonds is 2. The minimum Gasteiger partial charge on any atom is -0.358 e. The summed E-state index contributed by atoms with van der Waals surface area (Å²) in [6, 6.07) is 0. The molecule has 0 fully saturated rings. The van der Waals surface area contributed by atoms with Gasteiger partial charge in [-0.1, -0.05) is 0 Å². The van der Waals surface area contributed by atoms with Gasteiger partial charge in [0.1, 0.15) is 0 Å². The normalized spacial score (nSPS) is 11.1. The fourth-order valence-electron chi connectivity index (χ4n) is 0.911. The van der Waals surface area contributed by atoms with Crippen molar-refractivity contribution in [1.82, 2.24) is 10.2 Å². The van der Waals surface area contributed by atoms with Gasteiger partial charge in [-0.05, 0) is 46.8 Å². The maximum absolute atomic E-state index is 5.24. The predicted molar refractivity (Wildman–Crippen MR) is 58.4 cm³/mol. The molecular formula is C9H20N2S. The highest BCUT2D eigenvalue weighted by Gasteiger charge is 2.13. The maximum atomic E-state index is 5.24. The summed E-state index contributed by atoms with van der Waals surface area (Å²) in [7, 11) is 0. The van der Waals surface area contributed by atoms with E-state index in [9.17, 15) is 0 Å². The summed E-state index contributed by atoms with van der Waals surface area (Å²) in [4.78, 5) is 2.14. The number of nitrogens with one attached hydrogen (secondary N) is 1. The van der Waals surface area contributed by atoms with Gasteiger partial charge in [0.05, 0.1) is 0 Å². The van der Waals surface area contributed by atoms with Crippen LogP contribution in [0.4, 0.5) is 0 Å². The Kier molecular flexibility index (Phi) is 4.53. The lowest BCUT2D eigenvalue weighted by molar-refractivity contribution is 0.418. The molecular weight excluding hydrogens is 168 g/mol. The highest BCUT2D eigenvalue weighted by atomic mass is 32.1. The SMILES string of the molecule is CCN(CC)C(=S)NC(C)(C)C. The van der Waals surface area contributed by atoms with Crippen molar-refractivity contribution in [2.75, 3.05) is 13.1 Å². The third kappa shape index (κ3) is 4.54. The molecule has 0 aliphatic carbocycles. The Labute approximate surface area is 81.3 Å². The fraction of sp³-hybridized carbons (Fsp3) is 0.889. The summed E-state index contributed by atoms with van der Waals surface area (Å²) in [6.07, 6.45) is 0. The van der Waals surface area contributed by atoms with Crippen molar-refractivity contribution in [2.45, 2.75) is 40.2 Å². The van der Waals surface area contributed by atoms with E-state index in [1.54, 1.807) is 0 Å². The molecule has 0 heterocycles. The second-order valence-electron chi connectivity index (χ2n) is 3.85. The van der Waals surface area contributed by atoms with Gasteiger partial charge in [0.15, 0.2) is 5.11 Å². The molecule has 12 heavy (non-hydrogen) atoms. The molecule has 0 spiro atoms. The second kappa shape index (κ2) is 4.65. The molecule has 2 nitrogen and oxygen atoms in total. The van der Waals surface area contributed by atoms with Crippen LogP contribution in [0, 0.1) is 0 Å². The zero-order valence-corrected chi connectivity index (χ0v) is 9.59. The third-order valence-electron chi connectivity index (χ3n) is 1.53. The minimum atomic E-state index is 0.0691. The average Bonchev–Trinajstić information content (AvgIpc) is 1.85. The zero-order chi connectivity index (χ0) is 9.78. The molecule has 0 aromatic rings. The van der Waals surface area contributed by atoms with Crippen LogP contribution in [0.5, 0.6) is 0 Å². The molecule has 0 aromatic heterocycles. The van der Waals surface area contributed by atoms with Crippen molar-refractivity contribution in [1.29, 1.82) is 0 Å². The molecule has 0 bridgehead atoms. The first kappa shape index (κ1) is 11.7. The Morgan fingerprint density at radius 1 is 1.25 bits per heavy atom. The highest BCUT2D eigenvalue weighted by Crippen LogP contribution is 2.00. The van der Waals surface area contributed by atoms with E-state index < -0.39 is 0 Å². The smallest absolute Gasteiger partial charge is 0.169 e. The van der Waals surface area contributed by atoms with Crippen LogP contribution in [0.15, 0.2) is 0 Å². The average molecular weight is 188 g/mol.